The molecular formula is C14H23NO. The minimum absolute atomic E-state index is 0.258. The minimum atomic E-state index is 0.258. The summed E-state index contributed by atoms with van der Waals surface area (Å²) in [5, 5.41) is 3.48. The van der Waals surface area contributed by atoms with E-state index in [4.69, 9.17) is 4.74 Å². The van der Waals surface area contributed by atoms with Crippen LogP contribution in [0.2, 0.25) is 0 Å². The molecule has 16 heavy (non-hydrogen) atoms. The van der Waals surface area contributed by atoms with Gasteiger partial charge in [-0.15, -0.1) is 0 Å². The topological polar surface area (TPSA) is 21.3 Å². The standard InChI is InChI=1S/C14H23NO/c1-10-6-7-14(11(2)8-10)13(4)15-9-12(3)16-5/h6-8,12-13,15H,9H2,1-5H3. The molecule has 0 bridgehead atoms. The molecule has 0 amide bonds. The molecule has 0 radical (unpaired) electrons. The third kappa shape index (κ3) is 3.62. The van der Waals surface area contributed by atoms with E-state index in [1.165, 1.54) is 16.7 Å². The number of nitrogens with one attached hydrogen (secondary N) is 1. The van der Waals surface area contributed by atoms with Gasteiger partial charge in [0.2, 0.25) is 0 Å². The van der Waals surface area contributed by atoms with Gasteiger partial charge in [0.05, 0.1) is 6.10 Å². The molecule has 2 unspecified atom stereocenters. The quantitative estimate of drug-likeness (QED) is 0.825. The van der Waals surface area contributed by atoms with Crippen LogP contribution in [0, 0.1) is 13.8 Å². The van der Waals surface area contributed by atoms with Crippen molar-refractivity contribution >= 4 is 0 Å². The van der Waals surface area contributed by atoms with Gasteiger partial charge in [0.25, 0.3) is 0 Å². The normalized spacial score (nSPS) is 14.8. The number of aryl methyl sites for hydroxylation is 2. The maximum atomic E-state index is 5.22. The lowest BCUT2D eigenvalue weighted by Gasteiger charge is -2.19. The Balaban J connectivity index is 2.62. The Morgan fingerprint density at radius 3 is 2.50 bits per heavy atom. The Labute approximate surface area is 99.0 Å². The SMILES string of the molecule is COC(C)CNC(C)c1ccc(C)cc1C. The van der Waals surface area contributed by atoms with Crippen LogP contribution < -0.4 is 5.32 Å². The van der Waals surface area contributed by atoms with Crippen molar-refractivity contribution in [3.63, 3.8) is 0 Å². The van der Waals surface area contributed by atoms with Gasteiger partial charge in [0.1, 0.15) is 0 Å². The average molecular weight is 221 g/mol. The first-order valence-corrected chi connectivity index (χ1v) is 5.88. The molecule has 0 aromatic heterocycles. The molecule has 0 fully saturated rings. The molecule has 0 aliphatic rings. The second-order valence-electron chi connectivity index (χ2n) is 4.54. The Bertz CT molecular complexity index is 336. The number of benzene rings is 1. The lowest BCUT2D eigenvalue weighted by molar-refractivity contribution is 0.115. The lowest BCUT2D eigenvalue weighted by atomic mass is 10.0. The highest BCUT2D eigenvalue weighted by atomic mass is 16.5. The van der Waals surface area contributed by atoms with E-state index in [2.05, 4.69) is 51.2 Å². The van der Waals surface area contributed by atoms with E-state index < -0.39 is 0 Å². The monoisotopic (exact) mass is 221 g/mol. The number of methoxy groups -OCH3 is 1. The smallest absolute Gasteiger partial charge is 0.0667 e. The van der Waals surface area contributed by atoms with E-state index in [0.29, 0.717) is 6.04 Å². The highest BCUT2D eigenvalue weighted by Gasteiger charge is 2.09. The highest BCUT2D eigenvalue weighted by molar-refractivity contribution is 5.32. The second-order valence-corrected chi connectivity index (χ2v) is 4.54. The molecule has 90 valence electrons. The van der Waals surface area contributed by atoms with Crippen LogP contribution in [-0.4, -0.2) is 19.8 Å². The van der Waals surface area contributed by atoms with Crippen molar-refractivity contribution < 1.29 is 4.74 Å². The predicted octanol–water partition coefficient (Wildman–Crippen LogP) is 2.99. The fourth-order valence-corrected chi connectivity index (χ4v) is 1.85. The molecule has 2 atom stereocenters. The first-order chi connectivity index (χ1) is 7.54. The Morgan fingerprint density at radius 1 is 1.25 bits per heavy atom. The van der Waals surface area contributed by atoms with Gasteiger partial charge in [-0.1, -0.05) is 23.8 Å². The van der Waals surface area contributed by atoms with Crippen LogP contribution in [-0.2, 0) is 4.74 Å². The summed E-state index contributed by atoms with van der Waals surface area (Å²) in [4.78, 5) is 0. The summed E-state index contributed by atoms with van der Waals surface area (Å²) >= 11 is 0. The van der Waals surface area contributed by atoms with E-state index in [1.54, 1.807) is 7.11 Å². The maximum absolute atomic E-state index is 5.22. The molecule has 1 N–H and O–H groups in total. The van der Waals surface area contributed by atoms with Gasteiger partial charge in [0.15, 0.2) is 0 Å². The molecule has 0 aliphatic heterocycles. The number of hydrogen-bond donors (Lipinski definition) is 1. The Kier molecular flexibility index (Phi) is 4.97. The van der Waals surface area contributed by atoms with E-state index >= 15 is 0 Å². The fraction of sp³-hybridized carbons (Fsp3) is 0.571. The maximum Gasteiger partial charge on any atom is 0.0667 e. The summed E-state index contributed by atoms with van der Waals surface area (Å²) in [6.07, 6.45) is 0.258. The Morgan fingerprint density at radius 2 is 1.94 bits per heavy atom. The molecule has 2 heteroatoms. The zero-order chi connectivity index (χ0) is 12.1. The third-order valence-corrected chi connectivity index (χ3v) is 3.01. The van der Waals surface area contributed by atoms with Gasteiger partial charge in [-0.05, 0) is 38.8 Å². The molecule has 1 aromatic carbocycles. The number of rotatable bonds is 5. The predicted molar refractivity (Wildman–Crippen MR) is 68.8 cm³/mol. The molecule has 0 saturated heterocycles. The van der Waals surface area contributed by atoms with Crippen molar-refractivity contribution in [1.82, 2.24) is 5.32 Å². The van der Waals surface area contributed by atoms with Gasteiger partial charge in [-0.3, -0.25) is 0 Å². The summed E-state index contributed by atoms with van der Waals surface area (Å²) in [6.45, 7) is 9.44. The second kappa shape index (κ2) is 6.02. The number of hydrogen-bond acceptors (Lipinski definition) is 2. The summed E-state index contributed by atoms with van der Waals surface area (Å²) in [5.74, 6) is 0. The lowest BCUT2D eigenvalue weighted by Crippen LogP contribution is -2.28. The Hall–Kier alpha value is -0.860. The van der Waals surface area contributed by atoms with Crippen molar-refractivity contribution in [2.75, 3.05) is 13.7 Å². The van der Waals surface area contributed by atoms with Crippen LogP contribution >= 0.6 is 0 Å². The minimum Gasteiger partial charge on any atom is -0.380 e. The molecular weight excluding hydrogens is 198 g/mol. The van der Waals surface area contributed by atoms with Crippen LogP contribution in [0.3, 0.4) is 0 Å². The van der Waals surface area contributed by atoms with Crippen LogP contribution in [0.1, 0.15) is 36.6 Å². The van der Waals surface area contributed by atoms with Crippen molar-refractivity contribution in [3.05, 3.63) is 34.9 Å². The number of ether oxygens (including phenoxy) is 1. The average Bonchev–Trinajstić information content (AvgIpc) is 2.25. The van der Waals surface area contributed by atoms with E-state index in [1.807, 2.05) is 0 Å². The largest absolute Gasteiger partial charge is 0.380 e. The van der Waals surface area contributed by atoms with Gasteiger partial charge < -0.3 is 10.1 Å². The third-order valence-electron chi connectivity index (χ3n) is 3.01. The van der Waals surface area contributed by atoms with Gasteiger partial charge in [0, 0.05) is 19.7 Å². The molecule has 0 heterocycles. The molecule has 1 aromatic rings. The molecule has 2 nitrogen and oxygen atoms in total. The van der Waals surface area contributed by atoms with Gasteiger partial charge >= 0.3 is 0 Å². The van der Waals surface area contributed by atoms with Crippen LogP contribution in [0.4, 0.5) is 0 Å². The summed E-state index contributed by atoms with van der Waals surface area (Å²) in [5.41, 5.74) is 4.04. The summed E-state index contributed by atoms with van der Waals surface area (Å²) < 4.78 is 5.22. The van der Waals surface area contributed by atoms with Crippen molar-refractivity contribution in [2.45, 2.75) is 39.8 Å². The molecule has 0 saturated carbocycles. The van der Waals surface area contributed by atoms with Crippen molar-refractivity contribution in [1.29, 1.82) is 0 Å². The molecule has 1 rings (SSSR count). The molecule has 0 spiro atoms. The van der Waals surface area contributed by atoms with Crippen molar-refractivity contribution in [2.24, 2.45) is 0 Å². The first kappa shape index (κ1) is 13.2. The van der Waals surface area contributed by atoms with Crippen molar-refractivity contribution in [3.8, 4) is 0 Å². The highest BCUT2D eigenvalue weighted by Crippen LogP contribution is 2.18. The zero-order valence-electron chi connectivity index (χ0n) is 11.0. The van der Waals surface area contributed by atoms with Crippen LogP contribution in [0.5, 0.6) is 0 Å². The van der Waals surface area contributed by atoms with Gasteiger partial charge in [-0.2, -0.15) is 0 Å². The van der Waals surface area contributed by atoms with Crippen LogP contribution in [0.25, 0.3) is 0 Å². The van der Waals surface area contributed by atoms with Gasteiger partial charge in [-0.25, -0.2) is 0 Å². The van der Waals surface area contributed by atoms with E-state index in [9.17, 15) is 0 Å². The van der Waals surface area contributed by atoms with Crippen LogP contribution in [0.15, 0.2) is 18.2 Å². The van der Waals surface area contributed by atoms with E-state index in [-0.39, 0.29) is 6.10 Å². The molecule has 0 aliphatic carbocycles. The summed E-state index contributed by atoms with van der Waals surface area (Å²) in [7, 11) is 1.74. The van der Waals surface area contributed by atoms with E-state index in [0.717, 1.165) is 6.54 Å². The first-order valence-electron chi connectivity index (χ1n) is 5.88. The summed E-state index contributed by atoms with van der Waals surface area (Å²) in [6, 6.07) is 6.98. The fourth-order valence-electron chi connectivity index (χ4n) is 1.85. The zero-order valence-corrected chi connectivity index (χ0v) is 11.0.